The van der Waals surface area contributed by atoms with Gasteiger partial charge in [0.1, 0.15) is 5.03 Å². The van der Waals surface area contributed by atoms with Gasteiger partial charge < -0.3 is 11.1 Å². The van der Waals surface area contributed by atoms with Gasteiger partial charge in [0.05, 0.1) is 12.1 Å². The highest BCUT2D eigenvalue weighted by Crippen LogP contribution is 2.37. The van der Waals surface area contributed by atoms with Crippen LogP contribution in [0.25, 0.3) is 11.1 Å². The van der Waals surface area contributed by atoms with E-state index in [1.54, 1.807) is 18.0 Å². The number of aromatic nitrogens is 1. The number of amidine groups is 1. The number of nitrogens with two attached hydrogens (primary N) is 2. The number of amides is 1. The van der Waals surface area contributed by atoms with Gasteiger partial charge in [-0.25, -0.2) is 16.4 Å². The first-order chi connectivity index (χ1) is 16.6. The first kappa shape index (κ1) is 26.2. The van der Waals surface area contributed by atoms with Crippen molar-refractivity contribution in [2.24, 2.45) is 16.7 Å². The summed E-state index contributed by atoms with van der Waals surface area (Å²) in [5.41, 5.74) is 13.6. The van der Waals surface area contributed by atoms with Crippen molar-refractivity contribution in [3.8, 4) is 11.1 Å². The van der Waals surface area contributed by atoms with Crippen molar-refractivity contribution in [1.82, 2.24) is 10.5 Å². The number of carbonyl (C=O) groups excluding carboxylic acids is 1. The van der Waals surface area contributed by atoms with Crippen LogP contribution in [0.1, 0.15) is 57.2 Å². The molecule has 184 valence electrons. The van der Waals surface area contributed by atoms with E-state index in [2.05, 4.69) is 62.7 Å². The predicted molar refractivity (Wildman–Crippen MR) is 146 cm³/mol. The lowest BCUT2D eigenvalue weighted by atomic mass is 10.00. The molecule has 3 rings (SSSR count). The number of thioether (sulfide) groups is 1. The minimum atomic E-state index is -0.0984. The Hall–Kier alpha value is -3.36. The second-order valence-corrected chi connectivity index (χ2v) is 11.4. The van der Waals surface area contributed by atoms with Crippen molar-refractivity contribution < 1.29 is 4.79 Å². The molecule has 35 heavy (non-hydrogen) atoms. The Bertz CT molecular complexity index is 1200. The van der Waals surface area contributed by atoms with Crippen LogP contribution in [0, 0.1) is 0 Å². The number of hydrogen-bond donors (Lipinski definition) is 4. The van der Waals surface area contributed by atoms with Crippen LogP contribution in [0.2, 0.25) is 0 Å². The minimum absolute atomic E-state index is 0.0809. The molecule has 0 radical (unpaired) electrons. The minimum Gasteiger partial charge on any atom is -0.382 e. The molecule has 0 fully saturated rings. The van der Waals surface area contributed by atoms with Crippen LogP contribution < -0.4 is 22.4 Å². The van der Waals surface area contributed by atoms with E-state index in [4.69, 9.17) is 16.6 Å². The number of rotatable bonds is 8. The van der Waals surface area contributed by atoms with Crippen molar-refractivity contribution in [2.45, 2.75) is 56.7 Å². The van der Waals surface area contributed by atoms with Crippen LogP contribution in [-0.2, 0) is 11.2 Å². The average molecular weight is 491 g/mol. The van der Waals surface area contributed by atoms with Crippen molar-refractivity contribution in [1.29, 1.82) is 0 Å². The molecule has 3 aromatic rings. The second-order valence-electron chi connectivity index (χ2n) is 9.58. The molecule has 2 aromatic carbocycles. The smallest absolute Gasteiger partial charge is 0.228 e. The third kappa shape index (κ3) is 7.31. The predicted octanol–water partition coefficient (Wildman–Crippen LogP) is 5.03. The van der Waals surface area contributed by atoms with Crippen molar-refractivity contribution in [3.05, 3.63) is 77.5 Å². The van der Waals surface area contributed by atoms with Gasteiger partial charge in [-0.3, -0.25) is 4.79 Å². The fourth-order valence-electron chi connectivity index (χ4n) is 3.55. The molecule has 7 nitrogen and oxygen atoms in total. The topological polar surface area (TPSA) is 118 Å². The first-order valence-corrected chi connectivity index (χ1v) is 12.4. The number of nitrogens with zero attached hydrogens (tertiary/aromatic N) is 2. The molecular formula is C27H34N6OS. The summed E-state index contributed by atoms with van der Waals surface area (Å²) in [4.78, 5) is 17.7. The van der Waals surface area contributed by atoms with Gasteiger partial charge in [0.15, 0.2) is 5.84 Å². The van der Waals surface area contributed by atoms with Crippen LogP contribution in [0.4, 0.5) is 5.69 Å². The maximum Gasteiger partial charge on any atom is 0.228 e. The molecule has 0 aliphatic rings. The Balaban J connectivity index is 1.94. The summed E-state index contributed by atoms with van der Waals surface area (Å²) in [5.74, 6) is 5.93. The van der Waals surface area contributed by atoms with Crippen LogP contribution in [0.5, 0.6) is 0 Å². The fourth-order valence-corrected chi connectivity index (χ4v) is 4.45. The van der Waals surface area contributed by atoms with E-state index >= 15 is 0 Å². The number of hydrogen-bond acceptors (Lipinski definition) is 6. The van der Waals surface area contributed by atoms with E-state index in [1.165, 1.54) is 5.56 Å². The Morgan fingerprint density at radius 1 is 1.11 bits per heavy atom. The molecule has 0 saturated carbocycles. The highest BCUT2D eigenvalue weighted by atomic mass is 32.2. The zero-order valence-electron chi connectivity index (χ0n) is 20.9. The van der Waals surface area contributed by atoms with Gasteiger partial charge in [-0.2, -0.15) is 0 Å². The van der Waals surface area contributed by atoms with Gasteiger partial charge in [0.2, 0.25) is 5.91 Å². The van der Waals surface area contributed by atoms with Crippen molar-refractivity contribution in [2.75, 3.05) is 5.32 Å². The normalized spacial score (nSPS) is 12.0. The molecule has 8 heteroatoms. The number of nitrogens with one attached hydrogen (secondary N) is 2. The molecule has 0 atom stereocenters. The van der Waals surface area contributed by atoms with Crippen LogP contribution in [0.15, 0.2) is 70.9 Å². The SMILES string of the molecule is CC(C)c1ccc(CC(=O)Nc2cc(-c3ccccc3/C(N)=N/NN)cnc2SC(C)(C)C)cc1. The maximum atomic E-state index is 13.0. The molecule has 0 aliphatic carbocycles. The summed E-state index contributed by atoms with van der Waals surface area (Å²) in [7, 11) is 0. The zero-order valence-corrected chi connectivity index (χ0v) is 21.7. The quantitative estimate of drug-likeness (QED) is 0.116. The zero-order chi connectivity index (χ0) is 25.6. The van der Waals surface area contributed by atoms with E-state index < -0.39 is 0 Å². The Labute approximate surface area is 211 Å². The lowest BCUT2D eigenvalue weighted by Crippen LogP contribution is -2.23. The summed E-state index contributed by atoms with van der Waals surface area (Å²) < 4.78 is -0.0809. The summed E-state index contributed by atoms with van der Waals surface area (Å²) in [5, 5.41) is 7.75. The molecule has 0 bridgehead atoms. The average Bonchev–Trinajstić information content (AvgIpc) is 2.80. The van der Waals surface area contributed by atoms with Gasteiger partial charge in [-0.05, 0) is 28.7 Å². The van der Waals surface area contributed by atoms with E-state index in [-0.39, 0.29) is 22.9 Å². The number of benzene rings is 2. The fraction of sp³-hybridized carbons (Fsp3) is 0.296. The van der Waals surface area contributed by atoms with Gasteiger partial charge in [0.25, 0.3) is 0 Å². The summed E-state index contributed by atoms with van der Waals surface area (Å²) in [6.07, 6.45) is 2.07. The molecule has 0 spiro atoms. The Morgan fingerprint density at radius 3 is 2.43 bits per heavy atom. The number of hydrazone groups is 1. The van der Waals surface area contributed by atoms with Gasteiger partial charge in [-0.15, -0.1) is 5.10 Å². The largest absolute Gasteiger partial charge is 0.382 e. The summed E-state index contributed by atoms with van der Waals surface area (Å²) >= 11 is 1.60. The second kappa shape index (κ2) is 11.4. The molecule has 0 unspecified atom stereocenters. The van der Waals surface area contributed by atoms with E-state index in [9.17, 15) is 4.79 Å². The molecule has 6 N–H and O–H groups in total. The molecule has 0 aliphatic heterocycles. The first-order valence-electron chi connectivity index (χ1n) is 11.5. The lowest BCUT2D eigenvalue weighted by Gasteiger charge is -2.20. The summed E-state index contributed by atoms with van der Waals surface area (Å²) in [6, 6.07) is 17.7. The highest BCUT2D eigenvalue weighted by Gasteiger charge is 2.19. The standard InChI is InChI=1S/C27H34N6OS/c1-17(2)19-12-10-18(11-13-19)14-24(34)31-23-15-20(16-30-26(23)35-27(3,4)5)21-8-6-7-9-22(21)25(28)32-33-29/h6-13,15-17,33H,14,29H2,1-5H3,(H2,28,32)(H,31,34). The van der Waals surface area contributed by atoms with Crippen molar-refractivity contribution >= 4 is 29.2 Å². The number of hydrazine groups is 1. The number of anilines is 1. The number of pyridine rings is 1. The lowest BCUT2D eigenvalue weighted by molar-refractivity contribution is -0.115. The van der Waals surface area contributed by atoms with Gasteiger partial charge in [-0.1, -0.05) is 94.9 Å². The number of carbonyl (C=O) groups is 1. The van der Waals surface area contributed by atoms with Crippen LogP contribution in [0.3, 0.4) is 0 Å². The van der Waals surface area contributed by atoms with Crippen LogP contribution in [-0.4, -0.2) is 21.5 Å². The van der Waals surface area contributed by atoms with Gasteiger partial charge in [0, 0.05) is 22.1 Å². The molecule has 0 saturated heterocycles. The van der Waals surface area contributed by atoms with E-state index in [1.807, 2.05) is 42.5 Å². The Kier molecular flexibility index (Phi) is 8.53. The monoisotopic (exact) mass is 490 g/mol. The van der Waals surface area contributed by atoms with E-state index in [0.717, 1.165) is 21.7 Å². The highest BCUT2D eigenvalue weighted by molar-refractivity contribution is 8.00. The maximum absolute atomic E-state index is 13.0. The summed E-state index contributed by atoms with van der Waals surface area (Å²) in [6.45, 7) is 10.6. The van der Waals surface area contributed by atoms with Crippen LogP contribution >= 0.6 is 11.8 Å². The molecule has 1 aromatic heterocycles. The Morgan fingerprint density at radius 2 is 1.80 bits per heavy atom. The van der Waals surface area contributed by atoms with Crippen molar-refractivity contribution in [3.63, 3.8) is 0 Å². The molecular weight excluding hydrogens is 456 g/mol. The van der Waals surface area contributed by atoms with Gasteiger partial charge >= 0.3 is 0 Å². The third-order valence-electron chi connectivity index (χ3n) is 5.24. The van der Waals surface area contributed by atoms with E-state index in [0.29, 0.717) is 17.2 Å². The molecule has 1 heterocycles. The third-order valence-corrected chi connectivity index (χ3v) is 6.37. The molecule has 1 amide bonds.